The summed E-state index contributed by atoms with van der Waals surface area (Å²) in [4.78, 5) is 16.1. The van der Waals surface area contributed by atoms with Crippen molar-refractivity contribution in [3.8, 4) is 0 Å². The van der Waals surface area contributed by atoms with Crippen LogP contribution < -0.4 is 0 Å². The van der Waals surface area contributed by atoms with Gasteiger partial charge in [-0.25, -0.2) is 0 Å². The second-order valence-corrected chi connectivity index (χ2v) is 8.17. The first kappa shape index (κ1) is 17.0. The van der Waals surface area contributed by atoms with Gasteiger partial charge in [0.25, 0.3) is 5.91 Å². The second kappa shape index (κ2) is 7.38. The monoisotopic (exact) mass is 344 g/mol. The van der Waals surface area contributed by atoms with Crippen LogP contribution in [0, 0.1) is 0 Å². The molecule has 1 aliphatic rings. The van der Waals surface area contributed by atoms with Crippen LogP contribution in [0.3, 0.4) is 0 Å². The highest BCUT2D eigenvalue weighted by molar-refractivity contribution is 8.00. The first-order valence-corrected chi connectivity index (χ1v) is 9.33. The van der Waals surface area contributed by atoms with Gasteiger partial charge >= 0.3 is 0 Å². The number of benzene rings is 1. The van der Waals surface area contributed by atoms with Crippen molar-refractivity contribution < 1.29 is 4.79 Å². The SMILES string of the molecule is CC(C)Sc1ccccc1C(=O)N1CCCC(c2nncn2C)C1. The number of carbonyl (C=O) groups is 1. The summed E-state index contributed by atoms with van der Waals surface area (Å²) in [5.41, 5.74) is 0.815. The lowest BCUT2D eigenvalue weighted by atomic mass is 9.96. The van der Waals surface area contributed by atoms with Crippen molar-refractivity contribution in [2.75, 3.05) is 13.1 Å². The Kier molecular flexibility index (Phi) is 5.23. The van der Waals surface area contributed by atoms with Gasteiger partial charge < -0.3 is 9.47 Å². The van der Waals surface area contributed by atoms with Crippen LogP contribution in [0.5, 0.6) is 0 Å². The number of hydrogen-bond donors (Lipinski definition) is 0. The summed E-state index contributed by atoms with van der Waals surface area (Å²) in [6, 6.07) is 7.93. The zero-order valence-electron chi connectivity index (χ0n) is 14.5. The zero-order valence-corrected chi connectivity index (χ0v) is 15.3. The van der Waals surface area contributed by atoms with Gasteiger partial charge in [0.2, 0.25) is 0 Å². The number of rotatable bonds is 4. The molecule has 0 aliphatic carbocycles. The molecule has 1 amide bonds. The van der Waals surface area contributed by atoms with Crippen LogP contribution >= 0.6 is 11.8 Å². The minimum atomic E-state index is 0.130. The maximum Gasteiger partial charge on any atom is 0.255 e. The average Bonchev–Trinajstić information content (AvgIpc) is 3.00. The number of hydrogen-bond acceptors (Lipinski definition) is 4. The van der Waals surface area contributed by atoms with E-state index >= 15 is 0 Å². The van der Waals surface area contributed by atoms with Gasteiger partial charge in [0.15, 0.2) is 0 Å². The van der Waals surface area contributed by atoms with Crippen LogP contribution in [-0.2, 0) is 7.05 Å². The molecule has 0 radical (unpaired) electrons. The van der Waals surface area contributed by atoms with Gasteiger partial charge in [0.05, 0.1) is 5.56 Å². The third-order valence-corrected chi connectivity index (χ3v) is 5.38. The quantitative estimate of drug-likeness (QED) is 0.798. The van der Waals surface area contributed by atoms with Gasteiger partial charge in [-0.15, -0.1) is 22.0 Å². The Morgan fingerprint density at radius 2 is 2.12 bits per heavy atom. The summed E-state index contributed by atoms with van der Waals surface area (Å²) in [6.07, 6.45) is 3.78. The molecular formula is C18H24N4OS. The molecule has 0 N–H and O–H groups in total. The Balaban J connectivity index is 1.79. The van der Waals surface area contributed by atoms with E-state index in [4.69, 9.17) is 0 Å². The highest BCUT2D eigenvalue weighted by Gasteiger charge is 2.28. The molecule has 2 heterocycles. The van der Waals surface area contributed by atoms with Crippen LogP contribution in [-0.4, -0.2) is 43.9 Å². The minimum absolute atomic E-state index is 0.130. The van der Waals surface area contributed by atoms with E-state index in [-0.39, 0.29) is 11.8 Å². The van der Waals surface area contributed by atoms with Crippen LogP contribution in [0.2, 0.25) is 0 Å². The fourth-order valence-electron chi connectivity index (χ4n) is 3.20. The summed E-state index contributed by atoms with van der Waals surface area (Å²) in [6.45, 7) is 5.83. The molecular weight excluding hydrogens is 320 g/mol. The summed E-state index contributed by atoms with van der Waals surface area (Å²) in [5, 5.41) is 8.66. The largest absolute Gasteiger partial charge is 0.338 e. The van der Waals surface area contributed by atoms with E-state index in [9.17, 15) is 4.79 Å². The molecule has 0 bridgehead atoms. The van der Waals surface area contributed by atoms with E-state index in [1.165, 1.54) is 0 Å². The lowest BCUT2D eigenvalue weighted by molar-refractivity contribution is 0.0700. The predicted molar refractivity (Wildman–Crippen MR) is 96.3 cm³/mol. The molecule has 5 nitrogen and oxygen atoms in total. The van der Waals surface area contributed by atoms with E-state index in [2.05, 4.69) is 24.0 Å². The number of likely N-dealkylation sites (tertiary alicyclic amines) is 1. The van der Waals surface area contributed by atoms with Gasteiger partial charge in [-0.1, -0.05) is 26.0 Å². The van der Waals surface area contributed by atoms with Crippen LogP contribution in [0.15, 0.2) is 35.5 Å². The number of piperidine rings is 1. The normalized spacial score (nSPS) is 18.2. The molecule has 2 aromatic rings. The summed E-state index contributed by atoms with van der Waals surface area (Å²) < 4.78 is 1.96. The summed E-state index contributed by atoms with van der Waals surface area (Å²) in [5.74, 6) is 1.36. The number of aromatic nitrogens is 3. The molecule has 1 aromatic carbocycles. The molecule has 0 spiro atoms. The molecule has 6 heteroatoms. The standard InChI is InChI=1S/C18H24N4OS/c1-13(2)24-16-9-5-4-8-15(16)18(23)22-10-6-7-14(11-22)17-20-19-12-21(17)3/h4-5,8-9,12-14H,6-7,10-11H2,1-3H3. The fraction of sp³-hybridized carbons (Fsp3) is 0.500. The molecule has 1 atom stereocenters. The number of amides is 1. The Morgan fingerprint density at radius 3 is 2.83 bits per heavy atom. The third-order valence-electron chi connectivity index (χ3n) is 4.30. The summed E-state index contributed by atoms with van der Waals surface area (Å²) in [7, 11) is 1.96. The number of aryl methyl sites for hydroxylation is 1. The smallest absolute Gasteiger partial charge is 0.255 e. The lowest BCUT2D eigenvalue weighted by Crippen LogP contribution is -2.40. The Morgan fingerprint density at radius 1 is 1.33 bits per heavy atom. The van der Waals surface area contributed by atoms with Crippen molar-refractivity contribution in [3.63, 3.8) is 0 Å². The van der Waals surface area contributed by atoms with E-state index < -0.39 is 0 Å². The highest BCUT2D eigenvalue weighted by Crippen LogP contribution is 2.30. The third kappa shape index (κ3) is 3.64. The van der Waals surface area contributed by atoms with Gasteiger partial charge in [-0.3, -0.25) is 4.79 Å². The number of carbonyl (C=O) groups excluding carboxylic acids is 1. The van der Waals surface area contributed by atoms with Gasteiger partial charge in [-0.2, -0.15) is 0 Å². The second-order valence-electron chi connectivity index (χ2n) is 6.55. The fourth-order valence-corrected chi connectivity index (χ4v) is 4.15. The molecule has 1 unspecified atom stereocenters. The summed E-state index contributed by atoms with van der Waals surface area (Å²) >= 11 is 1.74. The van der Waals surface area contributed by atoms with Crippen molar-refractivity contribution in [1.82, 2.24) is 19.7 Å². The van der Waals surface area contributed by atoms with Crippen molar-refractivity contribution in [3.05, 3.63) is 42.0 Å². The maximum atomic E-state index is 13.1. The van der Waals surface area contributed by atoms with E-state index in [1.54, 1.807) is 18.1 Å². The average molecular weight is 344 g/mol. The highest BCUT2D eigenvalue weighted by atomic mass is 32.2. The van der Waals surface area contributed by atoms with Crippen molar-refractivity contribution in [1.29, 1.82) is 0 Å². The van der Waals surface area contributed by atoms with Gasteiger partial charge in [0.1, 0.15) is 12.2 Å². The van der Waals surface area contributed by atoms with Gasteiger partial charge in [-0.05, 0) is 25.0 Å². The maximum absolute atomic E-state index is 13.1. The van der Waals surface area contributed by atoms with Crippen LogP contribution in [0.4, 0.5) is 0 Å². The lowest BCUT2D eigenvalue weighted by Gasteiger charge is -2.32. The van der Waals surface area contributed by atoms with Crippen LogP contribution in [0.25, 0.3) is 0 Å². The van der Waals surface area contributed by atoms with E-state index in [1.807, 2.05) is 40.8 Å². The molecule has 24 heavy (non-hydrogen) atoms. The molecule has 1 fully saturated rings. The van der Waals surface area contributed by atoms with Gasteiger partial charge in [0, 0.05) is 36.2 Å². The molecule has 1 aromatic heterocycles. The molecule has 1 saturated heterocycles. The molecule has 0 saturated carbocycles. The van der Waals surface area contributed by atoms with Crippen molar-refractivity contribution in [2.45, 2.75) is 42.8 Å². The molecule has 3 rings (SSSR count). The van der Waals surface area contributed by atoms with Crippen LogP contribution in [0.1, 0.15) is 48.8 Å². The van der Waals surface area contributed by atoms with E-state index in [0.29, 0.717) is 11.8 Å². The number of nitrogens with zero attached hydrogens (tertiary/aromatic N) is 4. The first-order chi connectivity index (χ1) is 11.6. The Labute approximate surface area is 147 Å². The van der Waals surface area contributed by atoms with Crippen molar-refractivity contribution in [2.24, 2.45) is 7.05 Å². The predicted octanol–water partition coefficient (Wildman–Crippen LogP) is 3.34. The Bertz CT molecular complexity index is 713. The van der Waals surface area contributed by atoms with Crippen molar-refractivity contribution >= 4 is 17.7 Å². The first-order valence-electron chi connectivity index (χ1n) is 8.45. The number of thioether (sulfide) groups is 1. The topological polar surface area (TPSA) is 51.0 Å². The molecule has 1 aliphatic heterocycles. The zero-order chi connectivity index (χ0) is 17.1. The minimum Gasteiger partial charge on any atom is -0.338 e. The Hall–Kier alpha value is -1.82. The van der Waals surface area contributed by atoms with E-state index in [0.717, 1.165) is 35.7 Å². The molecule has 128 valence electrons.